The third kappa shape index (κ3) is 6.09. The van der Waals surface area contributed by atoms with Crippen LogP contribution in [0.3, 0.4) is 0 Å². The highest BCUT2D eigenvalue weighted by atomic mass is 28.4. The van der Waals surface area contributed by atoms with Gasteiger partial charge in [0.25, 0.3) is 14.0 Å². The Morgan fingerprint density at radius 1 is 1.07 bits per heavy atom. The maximum Gasteiger partial charge on any atom is 0.407 e. The normalized spacial score (nSPS) is 18.8. The zero-order valence-corrected chi connectivity index (χ0v) is 23.9. The fraction of sp³-hybridized carbons (Fsp3) is 0.367. The van der Waals surface area contributed by atoms with Crippen molar-refractivity contribution in [2.45, 2.75) is 50.5 Å². The summed E-state index contributed by atoms with van der Waals surface area (Å²) in [5, 5.41) is 23.3. The van der Waals surface area contributed by atoms with Crippen molar-refractivity contribution in [2.75, 3.05) is 19.8 Å². The molecule has 0 spiro atoms. The third-order valence-electron chi connectivity index (χ3n) is 7.46. The number of amides is 1. The molecule has 1 fully saturated rings. The van der Waals surface area contributed by atoms with Gasteiger partial charge in [0.2, 0.25) is 0 Å². The van der Waals surface area contributed by atoms with Gasteiger partial charge < -0.3 is 14.3 Å². The second kappa shape index (κ2) is 12.3. The van der Waals surface area contributed by atoms with E-state index in [-0.39, 0.29) is 42.5 Å². The van der Waals surface area contributed by atoms with E-state index in [1.165, 1.54) is 23.1 Å². The number of ether oxygens (including phenoxy) is 1. The number of nitro benzene ring substituents is 1. The Morgan fingerprint density at radius 3 is 2.15 bits per heavy atom. The topological polar surface area (TPSA) is 102 Å². The van der Waals surface area contributed by atoms with E-state index in [0.717, 1.165) is 10.4 Å². The summed E-state index contributed by atoms with van der Waals surface area (Å²) in [5.74, 6) is 0. The van der Waals surface area contributed by atoms with Crippen LogP contribution in [-0.4, -0.2) is 61.2 Å². The molecule has 1 N–H and O–H groups in total. The van der Waals surface area contributed by atoms with Gasteiger partial charge in [-0.25, -0.2) is 9.18 Å². The Bertz CT molecular complexity index is 1260. The summed E-state index contributed by atoms with van der Waals surface area (Å²) >= 11 is 0. The Morgan fingerprint density at radius 2 is 1.62 bits per heavy atom. The standard InChI is InChI=1S/C30H35FN2O6Si/c1-30(2,3)40(24-12-6-4-7-13-24,25-14-8-5-9-15-25)39-21-22-20-38-23(19-32(22)29(34)35)18-27(31)26-16-10-11-17-28(26)33(36)37/h4-17,22-23,27H,18-21H2,1-3H3,(H,34,35)/t22-,23-,27?/m0/s1. The van der Waals surface area contributed by atoms with Crippen molar-refractivity contribution in [3.05, 3.63) is 101 Å². The number of carbonyl (C=O) groups is 1. The molecule has 1 saturated heterocycles. The Balaban J connectivity index is 1.55. The lowest BCUT2D eigenvalue weighted by Crippen LogP contribution is -2.68. The second-order valence-electron chi connectivity index (χ2n) is 11.0. The number of morpholine rings is 1. The maximum atomic E-state index is 15.2. The van der Waals surface area contributed by atoms with E-state index in [4.69, 9.17) is 9.16 Å². The van der Waals surface area contributed by atoms with Gasteiger partial charge in [0.1, 0.15) is 6.17 Å². The van der Waals surface area contributed by atoms with E-state index in [1.807, 2.05) is 36.4 Å². The SMILES string of the molecule is CC(C)(C)[Si](OC[C@@H]1CO[C@@H](CC(F)c2ccccc2[N+](=O)[O-])CN1C(=O)O)(c1ccccc1)c1ccccc1. The van der Waals surface area contributed by atoms with Crippen LogP contribution in [0.4, 0.5) is 14.9 Å². The van der Waals surface area contributed by atoms with E-state index >= 15 is 4.39 Å². The zero-order chi connectivity index (χ0) is 28.9. The van der Waals surface area contributed by atoms with Gasteiger partial charge in [-0.2, -0.15) is 0 Å². The number of hydrogen-bond acceptors (Lipinski definition) is 5. The fourth-order valence-electron chi connectivity index (χ4n) is 5.53. The largest absolute Gasteiger partial charge is 0.465 e. The maximum absolute atomic E-state index is 15.2. The van der Waals surface area contributed by atoms with Crippen molar-refractivity contribution in [2.24, 2.45) is 0 Å². The van der Waals surface area contributed by atoms with Crippen molar-refractivity contribution in [3.63, 3.8) is 0 Å². The Labute approximate surface area is 234 Å². The van der Waals surface area contributed by atoms with Crippen LogP contribution < -0.4 is 10.4 Å². The van der Waals surface area contributed by atoms with Crippen molar-refractivity contribution < 1.29 is 28.4 Å². The number of rotatable bonds is 9. The summed E-state index contributed by atoms with van der Waals surface area (Å²) in [6.45, 7) is 6.50. The average Bonchev–Trinajstić information content (AvgIpc) is 2.94. The van der Waals surface area contributed by atoms with E-state index in [1.54, 1.807) is 6.07 Å². The number of benzene rings is 3. The number of alkyl halides is 1. The summed E-state index contributed by atoms with van der Waals surface area (Å²) in [6, 6.07) is 25.2. The molecule has 1 heterocycles. The van der Waals surface area contributed by atoms with Gasteiger partial charge in [0.05, 0.1) is 42.4 Å². The van der Waals surface area contributed by atoms with Crippen LogP contribution in [0, 0.1) is 10.1 Å². The third-order valence-corrected chi connectivity index (χ3v) is 12.5. The first-order chi connectivity index (χ1) is 19.0. The second-order valence-corrected chi connectivity index (χ2v) is 15.3. The molecule has 40 heavy (non-hydrogen) atoms. The molecule has 1 aliphatic rings. The van der Waals surface area contributed by atoms with Crippen molar-refractivity contribution in [1.29, 1.82) is 0 Å². The highest BCUT2D eigenvalue weighted by Crippen LogP contribution is 2.37. The predicted molar refractivity (Wildman–Crippen MR) is 153 cm³/mol. The zero-order valence-electron chi connectivity index (χ0n) is 22.9. The molecule has 3 aromatic rings. The number of nitrogens with zero attached hydrogens (tertiary/aromatic N) is 2. The average molecular weight is 567 g/mol. The van der Waals surface area contributed by atoms with Crippen molar-refractivity contribution >= 4 is 30.5 Å². The number of halogens is 1. The van der Waals surface area contributed by atoms with E-state index in [9.17, 15) is 20.0 Å². The summed E-state index contributed by atoms with van der Waals surface area (Å²) < 4.78 is 28.1. The minimum Gasteiger partial charge on any atom is -0.465 e. The molecule has 0 aliphatic carbocycles. The lowest BCUT2D eigenvalue weighted by atomic mass is 10.0. The van der Waals surface area contributed by atoms with E-state index in [2.05, 4.69) is 45.0 Å². The van der Waals surface area contributed by atoms with Gasteiger partial charge in [-0.05, 0) is 21.5 Å². The number of carboxylic acid groups (broad SMARTS) is 1. The van der Waals surface area contributed by atoms with Crippen LogP contribution in [0.15, 0.2) is 84.9 Å². The predicted octanol–water partition coefficient (Wildman–Crippen LogP) is 5.32. The van der Waals surface area contributed by atoms with Gasteiger partial charge in [0.15, 0.2) is 0 Å². The number of para-hydroxylation sites is 1. The van der Waals surface area contributed by atoms with Crippen LogP contribution in [0.1, 0.15) is 38.9 Å². The molecule has 1 aliphatic heterocycles. The molecule has 10 heteroatoms. The van der Waals surface area contributed by atoms with Gasteiger partial charge in [0, 0.05) is 12.5 Å². The fourth-order valence-corrected chi connectivity index (χ4v) is 10.1. The molecule has 1 amide bonds. The van der Waals surface area contributed by atoms with Crippen molar-refractivity contribution in [3.8, 4) is 0 Å². The smallest absolute Gasteiger partial charge is 0.407 e. The van der Waals surface area contributed by atoms with Crippen LogP contribution in [-0.2, 0) is 9.16 Å². The summed E-state index contributed by atoms with van der Waals surface area (Å²) in [5.41, 5.74) is -0.354. The number of nitro groups is 1. The lowest BCUT2D eigenvalue weighted by molar-refractivity contribution is -0.386. The summed E-state index contributed by atoms with van der Waals surface area (Å²) in [7, 11) is -2.90. The molecular weight excluding hydrogens is 531 g/mol. The lowest BCUT2D eigenvalue weighted by Gasteiger charge is -2.45. The Kier molecular flexibility index (Phi) is 9.02. The van der Waals surface area contributed by atoms with Crippen LogP contribution in [0.5, 0.6) is 0 Å². The van der Waals surface area contributed by atoms with Gasteiger partial charge >= 0.3 is 6.09 Å². The molecule has 0 radical (unpaired) electrons. The monoisotopic (exact) mass is 566 g/mol. The highest BCUT2D eigenvalue weighted by Gasteiger charge is 2.51. The first-order valence-corrected chi connectivity index (χ1v) is 15.2. The van der Waals surface area contributed by atoms with Gasteiger partial charge in [-0.3, -0.25) is 15.0 Å². The molecule has 1 unspecified atom stereocenters. The molecule has 212 valence electrons. The number of hydrogen-bond donors (Lipinski definition) is 1. The molecule has 0 aromatic heterocycles. The molecule has 0 saturated carbocycles. The molecular formula is C30H35FN2O6Si. The summed E-state index contributed by atoms with van der Waals surface area (Å²) in [4.78, 5) is 24.3. The van der Waals surface area contributed by atoms with Gasteiger partial charge in [-0.1, -0.05) is 93.6 Å². The minimum atomic E-state index is -2.90. The first kappa shape index (κ1) is 29.4. The Hall–Kier alpha value is -3.60. The van der Waals surface area contributed by atoms with Crippen LogP contribution >= 0.6 is 0 Å². The van der Waals surface area contributed by atoms with Gasteiger partial charge in [-0.15, -0.1) is 0 Å². The summed E-state index contributed by atoms with van der Waals surface area (Å²) in [6.07, 6.45) is -3.77. The molecule has 4 rings (SSSR count). The molecule has 8 nitrogen and oxygen atoms in total. The van der Waals surface area contributed by atoms with Crippen LogP contribution in [0.2, 0.25) is 5.04 Å². The quantitative estimate of drug-likeness (QED) is 0.214. The highest BCUT2D eigenvalue weighted by molar-refractivity contribution is 6.99. The van der Waals surface area contributed by atoms with Crippen LogP contribution in [0.25, 0.3) is 0 Å². The molecule has 3 atom stereocenters. The van der Waals surface area contributed by atoms with E-state index < -0.39 is 37.7 Å². The molecule has 3 aromatic carbocycles. The minimum absolute atomic E-state index is 0.0266. The van der Waals surface area contributed by atoms with Crippen molar-refractivity contribution in [1.82, 2.24) is 4.90 Å². The molecule has 0 bridgehead atoms. The van der Waals surface area contributed by atoms with E-state index in [0.29, 0.717) is 0 Å². The first-order valence-electron chi connectivity index (χ1n) is 13.3.